The van der Waals surface area contributed by atoms with Crippen LogP contribution in [-0.4, -0.2) is 35.4 Å². The molecule has 0 spiro atoms. The van der Waals surface area contributed by atoms with Crippen molar-refractivity contribution in [2.24, 2.45) is 0 Å². The Labute approximate surface area is 109 Å². The van der Waals surface area contributed by atoms with Gasteiger partial charge in [0.1, 0.15) is 5.54 Å². The van der Waals surface area contributed by atoms with Gasteiger partial charge in [-0.3, -0.25) is 10.1 Å². The second-order valence-corrected chi connectivity index (χ2v) is 5.98. The molecule has 0 aromatic carbocycles. The van der Waals surface area contributed by atoms with Crippen LogP contribution in [0.2, 0.25) is 0 Å². The summed E-state index contributed by atoms with van der Waals surface area (Å²) in [6.07, 6.45) is 9.60. The Hall–Kier alpha value is -0.610. The van der Waals surface area contributed by atoms with Gasteiger partial charge in [-0.05, 0) is 32.6 Å². The molecule has 0 aliphatic heterocycles. The molecule has 2 aliphatic rings. The topological polar surface area (TPSA) is 58.6 Å². The third-order valence-corrected chi connectivity index (χ3v) is 3.98. The molecule has 2 N–H and O–H groups in total. The summed E-state index contributed by atoms with van der Waals surface area (Å²) in [5.74, 6) is -0.803. The maximum absolute atomic E-state index is 11.4. The van der Waals surface area contributed by atoms with E-state index in [0.717, 1.165) is 25.7 Å². The van der Waals surface area contributed by atoms with Gasteiger partial charge in [0.2, 0.25) is 0 Å². The lowest BCUT2D eigenvalue weighted by Gasteiger charge is -2.28. The minimum atomic E-state index is -0.923. The maximum atomic E-state index is 11.4. The van der Waals surface area contributed by atoms with Crippen molar-refractivity contribution in [1.82, 2.24) is 5.32 Å². The highest BCUT2D eigenvalue weighted by Crippen LogP contribution is 2.25. The smallest absolute Gasteiger partial charge is 0.326 e. The van der Waals surface area contributed by atoms with Gasteiger partial charge in [-0.1, -0.05) is 25.7 Å². The standard InChI is InChI=1S/C14H25NO3/c1-14(13(16)17,15-11-8-9-11)10-18-12-6-4-2-3-5-7-12/h11-12,15H,2-10H2,1H3,(H,16,17). The molecule has 0 bridgehead atoms. The lowest BCUT2D eigenvalue weighted by atomic mass is 10.0. The molecule has 1 unspecified atom stereocenters. The predicted molar refractivity (Wildman–Crippen MR) is 69.6 cm³/mol. The number of carboxylic acids is 1. The van der Waals surface area contributed by atoms with E-state index in [2.05, 4.69) is 5.32 Å². The fraction of sp³-hybridized carbons (Fsp3) is 0.929. The van der Waals surface area contributed by atoms with Gasteiger partial charge >= 0.3 is 5.97 Å². The van der Waals surface area contributed by atoms with Crippen LogP contribution in [0, 0.1) is 0 Å². The lowest BCUT2D eigenvalue weighted by Crippen LogP contribution is -2.54. The fourth-order valence-corrected chi connectivity index (χ4v) is 2.54. The lowest BCUT2D eigenvalue weighted by molar-refractivity contribution is -0.148. The largest absolute Gasteiger partial charge is 0.480 e. The first kappa shape index (κ1) is 13.8. The van der Waals surface area contributed by atoms with Crippen molar-refractivity contribution in [3.8, 4) is 0 Å². The molecule has 0 radical (unpaired) electrons. The predicted octanol–water partition coefficient (Wildman–Crippen LogP) is 2.32. The minimum Gasteiger partial charge on any atom is -0.480 e. The third kappa shape index (κ3) is 3.95. The van der Waals surface area contributed by atoms with Crippen molar-refractivity contribution in [3.63, 3.8) is 0 Å². The van der Waals surface area contributed by atoms with E-state index in [-0.39, 0.29) is 12.7 Å². The van der Waals surface area contributed by atoms with Gasteiger partial charge in [-0.15, -0.1) is 0 Å². The summed E-state index contributed by atoms with van der Waals surface area (Å²) < 4.78 is 5.87. The van der Waals surface area contributed by atoms with Crippen molar-refractivity contribution in [3.05, 3.63) is 0 Å². The monoisotopic (exact) mass is 255 g/mol. The molecule has 0 saturated heterocycles. The van der Waals surface area contributed by atoms with E-state index in [0.29, 0.717) is 6.04 Å². The van der Waals surface area contributed by atoms with Crippen LogP contribution in [0.25, 0.3) is 0 Å². The summed E-state index contributed by atoms with van der Waals surface area (Å²) in [5, 5.41) is 12.5. The molecule has 0 aromatic rings. The SMILES string of the molecule is CC(COC1CCCCCC1)(NC1CC1)C(=O)O. The fourth-order valence-electron chi connectivity index (χ4n) is 2.54. The molecular weight excluding hydrogens is 230 g/mol. The molecule has 0 amide bonds. The molecule has 2 aliphatic carbocycles. The average molecular weight is 255 g/mol. The van der Waals surface area contributed by atoms with E-state index in [4.69, 9.17) is 4.74 Å². The van der Waals surface area contributed by atoms with Crippen molar-refractivity contribution >= 4 is 5.97 Å². The Bertz CT molecular complexity index is 283. The van der Waals surface area contributed by atoms with Crippen molar-refractivity contribution < 1.29 is 14.6 Å². The molecule has 0 aromatic heterocycles. The van der Waals surface area contributed by atoms with E-state index >= 15 is 0 Å². The van der Waals surface area contributed by atoms with Crippen LogP contribution in [-0.2, 0) is 9.53 Å². The summed E-state index contributed by atoms with van der Waals surface area (Å²) in [6.45, 7) is 2.02. The van der Waals surface area contributed by atoms with Gasteiger partial charge < -0.3 is 9.84 Å². The molecule has 2 saturated carbocycles. The van der Waals surface area contributed by atoms with Gasteiger partial charge in [0, 0.05) is 6.04 Å². The molecule has 4 nitrogen and oxygen atoms in total. The van der Waals surface area contributed by atoms with E-state index in [9.17, 15) is 9.90 Å². The summed E-state index contributed by atoms with van der Waals surface area (Å²) in [5.41, 5.74) is -0.923. The van der Waals surface area contributed by atoms with E-state index < -0.39 is 11.5 Å². The highest BCUT2D eigenvalue weighted by molar-refractivity contribution is 5.78. The highest BCUT2D eigenvalue weighted by Gasteiger charge is 2.39. The zero-order valence-electron chi connectivity index (χ0n) is 11.3. The van der Waals surface area contributed by atoms with Gasteiger partial charge in [0.15, 0.2) is 0 Å². The second-order valence-electron chi connectivity index (χ2n) is 5.98. The number of hydrogen-bond donors (Lipinski definition) is 2. The molecule has 1 atom stereocenters. The Morgan fingerprint density at radius 1 is 1.22 bits per heavy atom. The summed E-state index contributed by atoms with van der Waals surface area (Å²) in [6, 6.07) is 0.379. The molecule has 4 heteroatoms. The quantitative estimate of drug-likeness (QED) is 0.715. The van der Waals surface area contributed by atoms with Gasteiger partial charge in [0.25, 0.3) is 0 Å². The Balaban J connectivity index is 1.82. The van der Waals surface area contributed by atoms with Crippen LogP contribution in [0.3, 0.4) is 0 Å². The molecule has 2 rings (SSSR count). The number of carbonyl (C=O) groups is 1. The first-order valence-electron chi connectivity index (χ1n) is 7.23. The Kier molecular flexibility index (Phi) is 4.62. The number of hydrogen-bond acceptors (Lipinski definition) is 3. The second kappa shape index (κ2) is 6.02. The Morgan fingerprint density at radius 2 is 1.83 bits per heavy atom. The van der Waals surface area contributed by atoms with Gasteiger partial charge in [-0.2, -0.15) is 0 Å². The van der Waals surface area contributed by atoms with Crippen LogP contribution in [0.1, 0.15) is 58.3 Å². The van der Waals surface area contributed by atoms with Crippen LogP contribution >= 0.6 is 0 Å². The van der Waals surface area contributed by atoms with E-state index in [1.807, 2.05) is 0 Å². The molecule has 0 heterocycles. The van der Waals surface area contributed by atoms with Crippen LogP contribution in [0.5, 0.6) is 0 Å². The minimum absolute atomic E-state index is 0.257. The third-order valence-electron chi connectivity index (χ3n) is 3.98. The first-order valence-corrected chi connectivity index (χ1v) is 7.23. The maximum Gasteiger partial charge on any atom is 0.326 e. The highest BCUT2D eigenvalue weighted by atomic mass is 16.5. The molecule has 2 fully saturated rings. The van der Waals surface area contributed by atoms with Crippen LogP contribution in [0.15, 0.2) is 0 Å². The van der Waals surface area contributed by atoms with E-state index in [1.54, 1.807) is 6.92 Å². The summed E-state index contributed by atoms with van der Waals surface area (Å²) >= 11 is 0. The van der Waals surface area contributed by atoms with Gasteiger partial charge in [0.05, 0.1) is 12.7 Å². The molecule has 104 valence electrons. The van der Waals surface area contributed by atoms with E-state index in [1.165, 1.54) is 25.7 Å². The molecule has 18 heavy (non-hydrogen) atoms. The number of rotatable bonds is 6. The normalized spacial score (nSPS) is 25.4. The number of nitrogens with one attached hydrogen (secondary N) is 1. The van der Waals surface area contributed by atoms with Crippen molar-refractivity contribution in [2.45, 2.75) is 76.0 Å². The number of carboxylic acid groups (broad SMARTS) is 1. The van der Waals surface area contributed by atoms with Crippen LogP contribution < -0.4 is 5.32 Å². The number of aliphatic carboxylic acids is 1. The zero-order valence-corrected chi connectivity index (χ0v) is 11.3. The van der Waals surface area contributed by atoms with Gasteiger partial charge in [-0.25, -0.2) is 0 Å². The van der Waals surface area contributed by atoms with Crippen molar-refractivity contribution in [1.29, 1.82) is 0 Å². The van der Waals surface area contributed by atoms with Crippen LogP contribution in [0.4, 0.5) is 0 Å². The summed E-state index contributed by atoms with van der Waals surface area (Å²) in [7, 11) is 0. The number of ether oxygens (including phenoxy) is 1. The zero-order chi connectivity index (χ0) is 13.0. The molecular formula is C14H25NO3. The first-order chi connectivity index (χ1) is 8.60. The summed E-state index contributed by atoms with van der Waals surface area (Å²) in [4.78, 5) is 11.4. The Morgan fingerprint density at radius 3 is 2.33 bits per heavy atom. The van der Waals surface area contributed by atoms with Crippen molar-refractivity contribution in [2.75, 3.05) is 6.61 Å². The average Bonchev–Trinajstić information content (AvgIpc) is 3.13.